The Hall–Kier alpha value is -2.67. The number of amides is 2. The van der Waals surface area contributed by atoms with E-state index in [1.165, 1.54) is 11.8 Å². The van der Waals surface area contributed by atoms with E-state index in [1.54, 1.807) is 18.1 Å². The Balaban J connectivity index is 1.87. The van der Waals surface area contributed by atoms with Crippen molar-refractivity contribution in [2.75, 3.05) is 12.9 Å². The van der Waals surface area contributed by atoms with Gasteiger partial charge in [-0.2, -0.15) is 0 Å². The Morgan fingerprint density at radius 3 is 2.37 bits per heavy atom. The first-order chi connectivity index (χ1) is 18.3. The van der Waals surface area contributed by atoms with Crippen molar-refractivity contribution in [1.29, 1.82) is 0 Å². The largest absolute Gasteiger partial charge is 0.497 e. The molecule has 202 valence electrons. The summed E-state index contributed by atoms with van der Waals surface area (Å²) in [6.45, 7) is 4.28. The van der Waals surface area contributed by atoms with Gasteiger partial charge in [-0.3, -0.25) is 9.59 Å². The fourth-order valence-electron chi connectivity index (χ4n) is 3.93. The number of halogens is 2. The predicted molar refractivity (Wildman–Crippen MR) is 158 cm³/mol. The average Bonchev–Trinajstić information content (AvgIpc) is 2.93. The maximum atomic E-state index is 13.8. The van der Waals surface area contributed by atoms with E-state index < -0.39 is 6.04 Å². The molecule has 8 heteroatoms. The first kappa shape index (κ1) is 29.9. The molecule has 38 heavy (non-hydrogen) atoms. The van der Waals surface area contributed by atoms with Crippen LogP contribution < -0.4 is 10.1 Å². The highest BCUT2D eigenvalue weighted by atomic mass is 35.5. The summed E-state index contributed by atoms with van der Waals surface area (Å²) in [5.41, 5.74) is 2.86. The highest BCUT2D eigenvalue weighted by molar-refractivity contribution is 7.99. The zero-order chi connectivity index (χ0) is 27.5. The summed E-state index contributed by atoms with van der Waals surface area (Å²) in [4.78, 5) is 29.0. The van der Waals surface area contributed by atoms with Crippen molar-refractivity contribution in [1.82, 2.24) is 10.2 Å². The molecule has 0 aliphatic rings. The van der Waals surface area contributed by atoms with Gasteiger partial charge in [-0.05, 0) is 54.3 Å². The highest BCUT2D eigenvalue weighted by Crippen LogP contribution is 2.25. The van der Waals surface area contributed by atoms with Crippen LogP contribution >= 0.6 is 35.0 Å². The van der Waals surface area contributed by atoms with Gasteiger partial charge in [0, 0.05) is 24.8 Å². The number of ether oxygens (including phenoxy) is 1. The number of nitrogens with zero attached hydrogens (tertiary/aromatic N) is 1. The summed E-state index contributed by atoms with van der Waals surface area (Å²) < 4.78 is 5.39. The van der Waals surface area contributed by atoms with Gasteiger partial charge in [0.05, 0.1) is 22.9 Å². The normalized spacial score (nSPS) is 12.4. The second kappa shape index (κ2) is 15.1. The van der Waals surface area contributed by atoms with Crippen LogP contribution in [-0.4, -0.2) is 41.7 Å². The molecule has 0 bridgehead atoms. The lowest BCUT2D eigenvalue weighted by Gasteiger charge is -2.32. The van der Waals surface area contributed by atoms with Gasteiger partial charge in [0.2, 0.25) is 11.8 Å². The number of carbonyl (C=O) groups excluding carboxylic acids is 2. The summed E-state index contributed by atoms with van der Waals surface area (Å²) in [5, 5.41) is 4.08. The summed E-state index contributed by atoms with van der Waals surface area (Å²) in [7, 11) is 1.61. The van der Waals surface area contributed by atoms with Crippen LogP contribution in [0.15, 0.2) is 72.8 Å². The van der Waals surface area contributed by atoms with Crippen molar-refractivity contribution >= 4 is 46.8 Å². The van der Waals surface area contributed by atoms with Gasteiger partial charge in [-0.1, -0.05) is 78.7 Å². The molecule has 0 aliphatic carbocycles. The summed E-state index contributed by atoms with van der Waals surface area (Å²) in [5.74, 6) is 1.24. The third kappa shape index (κ3) is 8.97. The molecule has 5 nitrogen and oxygen atoms in total. The Morgan fingerprint density at radius 1 is 0.947 bits per heavy atom. The van der Waals surface area contributed by atoms with Gasteiger partial charge in [0.1, 0.15) is 11.8 Å². The van der Waals surface area contributed by atoms with Crippen molar-refractivity contribution in [3.8, 4) is 5.75 Å². The number of hydrogen-bond acceptors (Lipinski definition) is 4. The van der Waals surface area contributed by atoms with Crippen molar-refractivity contribution in [3.05, 3.63) is 99.5 Å². The second-order valence-electron chi connectivity index (χ2n) is 9.14. The van der Waals surface area contributed by atoms with Gasteiger partial charge < -0.3 is 15.0 Å². The van der Waals surface area contributed by atoms with Gasteiger partial charge in [0.25, 0.3) is 0 Å². The van der Waals surface area contributed by atoms with Crippen molar-refractivity contribution in [2.24, 2.45) is 0 Å². The number of thioether (sulfide) groups is 1. The van der Waals surface area contributed by atoms with Gasteiger partial charge >= 0.3 is 0 Å². The number of hydrogen-bond donors (Lipinski definition) is 1. The van der Waals surface area contributed by atoms with E-state index in [-0.39, 0.29) is 30.2 Å². The predicted octanol–water partition coefficient (Wildman–Crippen LogP) is 6.79. The van der Waals surface area contributed by atoms with E-state index >= 15 is 0 Å². The molecule has 3 aromatic carbocycles. The molecule has 0 spiro atoms. The van der Waals surface area contributed by atoms with Crippen LogP contribution in [0.4, 0.5) is 0 Å². The van der Waals surface area contributed by atoms with Crippen LogP contribution in [0, 0.1) is 0 Å². The van der Waals surface area contributed by atoms with Crippen LogP contribution in [0.5, 0.6) is 5.75 Å². The fraction of sp³-hybridized carbons (Fsp3) is 0.333. The molecular formula is C30H34Cl2N2O3S. The quantitative estimate of drug-likeness (QED) is 0.245. The first-order valence-corrected chi connectivity index (χ1v) is 14.5. The van der Waals surface area contributed by atoms with Crippen LogP contribution in [0.3, 0.4) is 0 Å². The molecule has 0 saturated carbocycles. The molecule has 2 amide bonds. The number of carbonyl (C=O) groups is 2. The molecule has 0 saturated heterocycles. The lowest BCUT2D eigenvalue weighted by atomic mass is 10.0. The topological polar surface area (TPSA) is 58.6 Å². The summed E-state index contributed by atoms with van der Waals surface area (Å²) in [6, 6.07) is 22.2. The molecule has 0 aliphatic heterocycles. The minimum Gasteiger partial charge on any atom is -0.497 e. The van der Waals surface area contributed by atoms with Gasteiger partial charge in [-0.25, -0.2) is 0 Å². The smallest absolute Gasteiger partial charge is 0.243 e. The van der Waals surface area contributed by atoms with Crippen LogP contribution in [0.2, 0.25) is 10.0 Å². The molecule has 0 heterocycles. The Bertz CT molecular complexity index is 1210. The molecular weight excluding hydrogens is 539 g/mol. The second-order valence-corrected chi connectivity index (χ2v) is 10.9. The monoisotopic (exact) mass is 572 g/mol. The van der Waals surface area contributed by atoms with Gasteiger partial charge in [-0.15, -0.1) is 11.8 Å². The Labute approximate surface area is 239 Å². The molecule has 0 radical (unpaired) electrons. The zero-order valence-corrected chi connectivity index (χ0v) is 24.3. The van der Waals surface area contributed by atoms with Crippen LogP contribution in [-0.2, 0) is 28.3 Å². The van der Waals surface area contributed by atoms with Crippen molar-refractivity contribution in [2.45, 2.75) is 51.1 Å². The molecule has 2 atom stereocenters. The van der Waals surface area contributed by atoms with E-state index in [1.807, 2.05) is 80.6 Å². The van der Waals surface area contributed by atoms with E-state index in [4.69, 9.17) is 27.9 Å². The minimum atomic E-state index is -0.671. The minimum absolute atomic E-state index is 0.00132. The molecule has 3 rings (SSSR count). The first-order valence-electron chi connectivity index (χ1n) is 12.6. The van der Waals surface area contributed by atoms with E-state index in [0.29, 0.717) is 28.0 Å². The number of benzene rings is 3. The van der Waals surface area contributed by atoms with E-state index in [2.05, 4.69) is 5.32 Å². The summed E-state index contributed by atoms with van der Waals surface area (Å²) >= 11 is 13.7. The lowest BCUT2D eigenvalue weighted by molar-refractivity contribution is -0.139. The number of methoxy groups -OCH3 is 1. The Kier molecular flexibility index (Phi) is 11.8. The van der Waals surface area contributed by atoms with Crippen LogP contribution in [0.25, 0.3) is 0 Å². The Morgan fingerprint density at radius 2 is 1.68 bits per heavy atom. The maximum Gasteiger partial charge on any atom is 0.243 e. The fourth-order valence-corrected chi connectivity index (χ4v) is 5.11. The molecule has 3 aromatic rings. The van der Waals surface area contributed by atoms with Gasteiger partial charge in [0.15, 0.2) is 0 Å². The number of nitrogens with one attached hydrogen (secondary N) is 1. The van der Waals surface area contributed by atoms with E-state index in [9.17, 15) is 9.59 Å². The maximum absolute atomic E-state index is 13.8. The van der Waals surface area contributed by atoms with Crippen molar-refractivity contribution in [3.63, 3.8) is 0 Å². The molecule has 0 unspecified atom stereocenters. The SMILES string of the molecule is CC[C@H](C)NC(=O)[C@@H](Cc1ccccc1)N(Cc1cccc(OC)c1)C(=O)CSCc1ccc(Cl)c(Cl)c1. The molecule has 0 aromatic heterocycles. The van der Waals surface area contributed by atoms with Crippen LogP contribution in [0.1, 0.15) is 37.0 Å². The number of rotatable bonds is 13. The van der Waals surface area contributed by atoms with Crippen molar-refractivity contribution < 1.29 is 14.3 Å². The molecule has 1 N–H and O–H groups in total. The standard InChI is InChI=1S/C30H34Cl2N2O3S/c1-4-21(2)33-30(36)28(17-22-9-6-5-7-10-22)34(18-23-11-8-12-25(15-23)37-3)29(35)20-38-19-24-13-14-26(31)27(32)16-24/h5-16,21,28H,4,17-20H2,1-3H3,(H,33,36)/t21-,28+/m0/s1. The third-order valence-electron chi connectivity index (χ3n) is 6.24. The zero-order valence-electron chi connectivity index (χ0n) is 22.0. The average molecular weight is 574 g/mol. The summed E-state index contributed by atoms with van der Waals surface area (Å²) in [6.07, 6.45) is 1.21. The molecule has 0 fully saturated rings. The van der Waals surface area contributed by atoms with E-state index in [0.717, 1.165) is 23.1 Å². The lowest BCUT2D eigenvalue weighted by Crippen LogP contribution is -2.52. The highest BCUT2D eigenvalue weighted by Gasteiger charge is 2.31. The third-order valence-corrected chi connectivity index (χ3v) is 7.97.